The Kier molecular flexibility index (Phi) is 6.50. The van der Waals surface area contributed by atoms with Crippen LogP contribution >= 0.6 is 0 Å². The number of carbonyl (C=O) groups is 2. The first-order valence-electron chi connectivity index (χ1n) is 10.2. The van der Waals surface area contributed by atoms with Gasteiger partial charge in [0.2, 0.25) is 5.91 Å². The molecule has 1 saturated carbocycles. The minimum atomic E-state index is -0.554. The summed E-state index contributed by atoms with van der Waals surface area (Å²) in [6.45, 7) is 4.52. The van der Waals surface area contributed by atoms with Crippen molar-refractivity contribution in [3.8, 4) is 0 Å². The minimum absolute atomic E-state index is 0.00187. The van der Waals surface area contributed by atoms with E-state index in [4.69, 9.17) is 0 Å². The lowest BCUT2D eigenvalue weighted by molar-refractivity contribution is -0.124. The highest BCUT2D eigenvalue weighted by atomic mass is 16.2. The number of benzene rings is 2. The van der Waals surface area contributed by atoms with E-state index in [1.165, 1.54) is 18.4 Å². The molecule has 4 nitrogen and oxygen atoms in total. The highest BCUT2D eigenvalue weighted by Gasteiger charge is 2.36. The Labute approximate surface area is 167 Å². The zero-order chi connectivity index (χ0) is 20.0. The number of hydrogen-bond donors (Lipinski definition) is 2. The third-order valence-corrected chi connectivity index (χ3v) is 5.82. The van der Waals surface area contributed by atoms with Gasteiger partial charge in [-0.3, -0.25) is 9.59 Å². The Morgan fingerprint density at radius 3 is 2.07 bits per heavy atom. The summed E-state index contributed by atoms with van der Waals surface area (Å²) >= 11 is 0. The number of nitrogens with one attached hydrogen (secondary N) is 2. The quantitative estimate of drug-likeness (QED) is 0.763. The average Bonchev–Trinajstić information content (AvgIpc) is 3.21. The first kappa shape index (κ1) is 20.1. The summed E-state index contributed by atoms with van der Waals surface area (Å²) in [6.07, 6.45) is 4.53. The van der Waals surface area contributed by atoms with E-state index in [2.05, 4.69) is 34.9 Å². The van der Waals surface area contributed by atoms with Gasteiger partial charge in [0.15, 0.2) is 0 Å². The molecule has 0 bridgehead atoms. The van der Waals surface area contributed by atoms with Crippen molar-refractivity contribution >= 4 is 11.8 Å². The van der Waals surface area contributed by atoms with Crippen LogP contribution in [0.2, 0.25) is 0 Å². The van der Waals surface area contributed by atoms with Gasteiger partial charge in [-0.25, -0.2) is 0 Å². The van der Waals surface area contributed by atoms with Crippen LogP contribution in [0.5, 0.6) is 0 Å². The van der Waals surface area contributed by atoms with Crippen LogP contribution in [-0.4, -0.2) is 24.4 Å². The fourth-order valence-corrected chi connectivity index (χ4v) is 4.13. The van der Waals surface area contributed by atoms with Gasteiger partial charge in [0, 0.05) is 17.5 Å². The van der Waals surface area contributed by atoms with Crippen molar-refractivity contribution in [2.75, 3.05) is 6.54 Å². The number of rotatable bonds is 7. The van der Waals surface area contributed by atoms with E-state index in [1.54, 1.807) is 12.1 Å². The van der Waals surface area contributed by atoms with Crippen molar-refractivity contribution in [3.05, 3.63) is 71.8 Å². The van der Waals surface area contributed by atoms with Gasteiger partial charge in [0.1, 0.15) is 6.04 Å². The average molecular weight is 379 g/mol. The fourth-order valence-electron chi connectivity index (χ4n) is 4.13. The molecule has 0 aromatic heterocycles. The third-order valence-electron chi connectivity index (χ3n) is 5.82. The first-order chi connectivity index (χ1) is 13.5. The second-order valence-corrected chi connectivity index (χ2v) is 8.13. The van der Waals surface area contributed by atoms with E-state index in [0.717, 1.165) is 12.8 Å². The molecule has 0 spiro atoms. The van der Waals surface area contributed by atoms with E-state index in [-0.39, 0.29) is 23.1 Å². The molecule has 28 heavy (non-hydrogen) atoms. The SMILES string of the molecule is CC(C)C(NC(=O)c1ccccc1)C(=O)NCC1(c2ccccc2)CCCC1. The summed E-state index contributed by atoms with van der Waals surface area (Å²) in [4.78, 5) is 25.5. The molecule has 1 atom stereocenters. The zero-order valence-electron chi connectivity index (χ0n) is 16.8. The van der Waals surface area contributed by atoms with Crippen LogP contribution in [0.25, 0.3) is 0 Å². The zero-order valence-corrected chi connectivity index (χ0v) is 16.8. The molecule has 2 amide bonds. The second-order valence-electron chi connectivity index (χ2n) is 8.13. The van der Waals surface area contributed by atoms with Crippen LogP contribution < -0.4 is 10.6 Å². The number of hydrogen-bond acceptors (Lipinski definition) is 2. The standard InChI is InChI=1S/C24H30N2O2/c1-18(2)21(26-22(27)19-11-5-3-6-12-19)23(28)25-17-24(15-9-10-16-24)20-13-7-4-8-14-20/h3-8,11-14,18,21H,9-10,15-17H2,1-2H3,(H,25,28)(H,26,27). The lowest BCUT2D eigenvalue weighted by atomic mass is 9.78. The van der Waals surface area contributed by atoms with Crippen molar-refractivity contribution in [2.24, 2.45) is 5.92 Å². The van der Waals surface area contributed by atoms with Crippen LogP contribution in [0, 0.1) is 5.92 Å². The Bertz CT molecular complexity index is 781. The highest BCUT2D eigenvalue weighted by Crippen LogP contribution is 2.40. The maximum atomic E-state index is 13.0. The van der Waals surface area contributed by atoms with Gasteiger partial charge >= 0.3 is 0 Å². The van der Waals surface area contributed by atoms with Crippen molar-refractivity contribution < 1.29 is 9.59 Å². The second kappa shape index (κ2) is 9.05. The van der Waals surface area contributed by atoms with Crippen LogP contribution in [0.4, 0.5) is 0 Å². The predicted octanol–water partition coefficient (Wildman–Crippen LogP) is 4.07. The van der Waals surface area contributed by atoms with Gasteiger partial charge in [-0.15, -0.1) is 0 Å². The van der Waals surface area contributed by atoms with Crippen LogP contribution in [-0.2, 0) is 10.2 Å². The summed E-state index contributed by atoms with van der Waals surface area (Å²) in [5.74, 6) is -0.321. The summed E-state index contributed by atoms with van der Waals surface area (Å²) in [7, 11) is 0. The Morgan fingerprint density at radius 2 is 1.50 bits per heavy atom. The molecular formula is C24H30N2O2. The lowest BCUT2D eigenvalue weighted by Gasteiger charge is -2.31. The Balaban J connectivity index is 1.68. The molecule has 0 saturated heterocycles. The Morgan fingerprint density at radius 1 is 0.929 bits per heavy atom. The minimum Gasteiger partial charge on any atom is -0.353 e. The molecule has 1 aliphatic rings. The van der Waals surface area contributed by atoms with Gasteiger partial charge in [-0.05, 0) is 36.5 Å². The molecule has 2 aromatic carbocycles. The maximum absolute atomic E-state index is 13.0. The van der Waals surface area contributed by atoms with Crippen molar-refractivity contribution in [1.29, 1.82) is 0 Å². The van der Waals surface area contributed by atoms with E-state index in [1.807, 2.05) is 38.1 Å². The molecule has 148 valence electrons. The van der Waals surface area contributed by atoms with Gasteiger partial charge in [-0.2, -0.15) is 0 Å². The van der Waals surface area contributed by atoms with E-state index in [0.29, 0.717) is 12.1 Å². The smallest absolute Gasteiger partial charge is 0.251 e. The number of carbonyl (C=O) groups excluding carboxylic acids is 2. The van der Waals surface area contributed by atoms with Gasteiger partial charge in [-0.1, -0.05) is 75.2 Å². The monoisotopic (exact) mass is 378 g/mol. The summed E-state index contributed by atoms with van der Waals surface area (Å²) in [5.41, 5.74) is 1.86. The predicted molar refractivity (Wildman–Crippen MR) is 112 cm³/mol. The summed E-state index contributed by atoms with van der Waals surface area (Å²) in [5, 5.41) is 6.06. The van der Waals surface area contributed by atoms with E-state index < -0.39 is 6.04 Å². The molecule has 1 unspecified atom stereocenters. The molecule has 1 fully saturated rings. The Hall–Kier alpha value is -2.62. The molecule has 4 heteroatoms. The van der Waals surface area contributed by atoms with Crippen LogP contribution in [0.1, 0.15) is 55.5 Å². The maximum Gasteiger partial charge on any atom is 0.251 e. The van der Waals surface area contributed by atoms with Crippen LogP contribution in [0.3, 0.4) is 0 Å². The normalized spacial score (nSPS) is 16.5. The van der Waals surface area contributed by atoms with Crippen molar-refractivity contribution in [3.63, 3.8) is 0 Å². The van der Waals surface area contributed by atoms with Gasteiger partial charge < -0.3 is 10.6 Å². The molecule has 0 radical (unpaired) electrons. The largest absolute Gasteiger partial charge is 0.353 e. The molecular weight excluding hydrogens is 348 g/mol. The van der Waals surface area contributed by atoms with E-state index >= 15 is 0 Å². The fraction of sp³-hybridized carbons (Fsp3) is 0.417. The number of amides is 2. The molecule has 1 aliphatic carbocycles. The summed E-state index contributed by atoms with van der Waals surface area (Å²) in [6, 6.07) is 19.0. The third kappa shape index (κ3) is 4.61. The first-order valence-corrected chi connectivity index (χ1v) is 10.2. The highest BCUT2D eigenvalue weighted by molar-refractivity contribution is 5.97. The van der Waals surface area contributed by atoms with Crippen molar-refractivity contribution in [1.82, 2.24) is 10.6 Å². The summed E-state index contributed by atoms with van der Waals surface area (Å²) < 4.78 is 0. The molecule has 0 heterocycles. The van der Waals surface area contributed by atoms with E-state index in [9.17, 15) is 9.59 Å². The molecule has 2 aromatic rings. The van der Waals surface area contributed by atoms with Gasteiger partial charge in [0.25, 0.3) is 5.91 Å². The van der Waals surface area contributed by atoms with Crippen molar-refractivity contribution in [2.45, 2.75) is 51.0 Å². The van der Waals surface area contributed by atoms with Gasteiger partial charge in [0.05, 0.1) is 0 Å². The topological polar surface area (TPSA) is 58.2 Å². The molecule has 2 N–H and O–H groups in total. The molecule has 3 rings (SSSR count). The lowest BCUT2D eigenvalue weighted by Crippen LogP contribution is -2.52. The molecule has 0 aliphatic heterocycles. The van der Waals surface area contributed by atoms with Crippen LogP contribution in [0.15, 0.2) is 60.7 Å².